The van der Waals surface area contributed by atoms with Gasteiger partial charge in [-0.25, -0.2) is 0 Å². The van der Waals surface area contributed by atoms with Crippen molar-refractivity contribution in [3.8, 4) is 17.0 Å². The van der Waals surface area contributed by atoms with Crippen LogP contribution in [0.15, 0.2) is 36.5 Å². The van der Waals surface area contributed by atoms with E-state index in [0.717, 1.165) is 12.3 Å². The first-order valence-corrected chi connectivity index (χ1v) is 7.26. The molecule has 128 valence electrons. The monoisotopic (exact) mass is 341 g/mol. The molecule has 1 heterocycles. The zero-order valence-electron chi connectivity index (χ0n) is 12.6. The number of aldehydes is 1. The van der Waals surface area contributed by atoms with E-state index in [1.54, 1.807) is 6.07 Å². The number of alkyl halides is 4. The molecule has 1 aromatic carbocycles. The number of benzene rings is 1. The number of carbonyl (C=O) groups is 1. The molecule has 0 aliphatic heterocycles. The van der Waals surface area contributed by atoms with Crippen LogP contribution < -0.4 is 4.74 Å². The summed E-state index contributed by atoms with van der Waals surface area (Å²) in [6.45, 7) is -0.148. The molecule has 0 unspecified atom stereocenters. The van der Waals surface area contributed by atoms with Crippen molar-refractivity contribution < 1.29 is 27.1 Å². The summed E-state index contributed by atoms with van der Waals surface area (Å²) in [5.74, 6) is 0.384. The molecule has 0 amide bonds. The predicted octanol–water partition coefficient (Wildman–Crippen LogP) is 4.71. The molecule has 7 heteroatoms. The maximum Gasteiger partial charge on any atom is 0.417 e. The van der Waals surface area contributed by atoms with Gasteiger partial charge in [-0.2, -0.15) is 13.2 Å². The van der Waals surface area contributed by atoms with Crippen LogP contribution in [0, 0.1) is 0 Å². The summed E-state index contributed by atoms with van der Waals surface area (Å²) in [4.78, 5) is 14.8. The van der Waals surface area contributed by atoms with E-state index in [1.165, 1.54) is 18.2 Å². The van der Waals surface area contributed by atoms with Crippen LogP contribution in [0.5, 0.6) is 5.75 Å². The first-order chi connectivity index (χ1) is 11.4. The van der Waals surface area contributed by atoms with E-state index in [9.17, 15) is 22.4 Å². The second kappa shape index (κ2) is 7.90. The standard InChI is InChI=1S/C17H15F4NO2/c18-5-1-2-6-24-15-8-12(11-23)7-13(9-15)16-4-3-14(10-22-16)17(19,20)21/h3-4,7-11H,1-2,5-6H2. The molecule has 0 saturated carbocycles. The van der Waals surface area contributed by atoms with Crippen molar-refractivity contribution in [2.24, 2.45) is 0 Å². The number of halogens is 4. The van der Waals surface area contributed by atoms with Crippen LogP contribution in [-0.4, -0.2) is 24.6 Å². The summed E-state index contributed by atoms with van der Waals surface area (Å²) in [5, 5.41) is 0. The topological polar surface area (TPSA) is 39.2 Å². The third-order valence-corrected chi connectivity index (χ3v) is 3.25. The Bertz CT molecular complexity index is 684. The number of nitrogens with zero attached hydrogens (tertiary/aromatic N) is 1. The summed E-state index contributed by atoms with van der Waals surface area (Å²) in [5.41, 5.74) is 0.226. The number of aromatic nitrogens is 1. The number of hydrogen-bond acceptors (Lipinski definition) is 3. The van der Waals surface area contributed by atoms with Gasteiger partial charge in [-0.15, -0.1) is 0 Å². The smallest absolute Gasteiger partial charge is 0.417 e. The van der Waals surface area contributed by atoms with Crippen LogP contribution in [0.25, 0.3) is 11.3 Å². The highest BCUT2D eigenvalue weighted by Crippen LogP contribution is 2.30. The van der Waals surface area contributed by atoms with Crippen LogP contribution in [0.3, 0.4) is 0 Å². The Morgan fingerprint density at radius 1 is 1.12 bits per heavy atom. The van der Waals surface area contributed by atoms with Crippen LogP contribution in [-0.2, 0) is 6.18 Å². The van der Waals surface area contributed by atoms with Gasteiger partial charge in [0.15, 0.2) is 0 Å². The Balaban J connectivity index is 2.24. The minimum absolute atomic E-state index is 0.284. The molecule has 2 rings (SSSR count). The van der Waals surface area contributed by atoms with Crippen molar-refractivity contribution in [1.29, 1.82) is 0 Å². The second-order valence-electron chi connectivity index (χ2n) is 5.08. The van der Waals surface area contributed by atoms with E-state index in [1.807, 2.05) is 0 Å². The van der Waals surface area contributed by atoms with E-state index >= 15 is 0 Å². The van der Waals surface area contributed by atoms with Gasteiger partial charge in [-0.05, 0) is 43.2 Å². The Morgan fingerprint density at radius 3 is 2.50 bits per heavy atom. The number of ether oxygens (including phenoxy) is 1. The van der Waals surface area contributed by atoms with Gasteiger partial charge in [0.1, 0.15) is 12.0 Å². The fourth-order valence-corrected chi connectivity index (χ4v) is 2.04. The maximum absolute atomic E-state index is 12.6. The van der Waals surface area contributed by atoms with Gasteiger partial charge in [-0.3, -0.25) is 14.2 Å². The molecule has 0 bridgehead atoms. The first kappa shape index (κ1) is 17.9. The summed E-state index contributed by atoms with van der Waals surface area (Å²) < 4.78 is 55.2. The number of carbonyl (C=O) groups excluding carboxylic acids is 1. The Hall–Kier alpha value is -2.44. The van der Waals surface area contributed by atoms with Crippen LogP contribution >= 0.6 is 0 Å². The lowest BCUT2D eigenvalue weighted by Crippen LogP contribution is -2.05. The molecule has 0 atom stereocenters. The number of rotatable bonds is 7. The van der Waals surface area contributed by atoms with Crippen molar-refractivity contribution in [3.05, 3.63) is 47.7 Å². The quantitative estimate of drug-likeness (QED) is 0.416. The number of hydrogen-bond donors (Lipinski definition) is 0. The highest BCUT2D eigenvalue weighted by molar-refractivity contribution is 5.79. The molecule has 0 aliphatic rings. The molecular weight excluding hydrogens is 326 g/mol. The van der Waals surface area contributed by atoms with Gasteiger partial charge in [0.25, 0.3) is 0 Å². The molecule has 0 saturated heterocycles. The molecule has 3 nitrogen and oxygen atoms in total. The lowest BCUT2D eigenvalue weighted by molar-refractivity contribution is -0.137. The van der Waals surface area contributed by atoms with Gasteiger partial charge in [0, 0.05) is 17.3 Å². The molecule has 0 aliphatic carbocycles. The summed E-state index contributed by atoms with van der Waals surface area (Å²) in [7, 11) is 0. The molecular formula is C17H15F4NO2. The molecule has 0 fully saturated rings. The lowest BCUT2D eigenvalue weighted by Gasteiger charge is -2.10. The molecule has 0 spiro atoms. The molecule has 24 heavy (non-hydrogen) atoms. The summed E-state index contributed by atoms with van der Waals surface area (Å²) in [6.07, 6.45) is -2.20. The van der Waals surface area contributed by atoms with Crippen molar-refractivity contribution in [2.75, 3.05) is 13.3 Å². The SMILES string of the molecule is O=Cc1cc(OCCCCF)cc(-c2ccc(C(F)(F)F)cn2)c1. The summed E-state index contributed by atoms with van der Waals surface area (Å²) in [6, 6.07) is 6.77. The fraction of sp³-hybridized carbons (Fsp3) is 0.294. The van der Waals surface area contributed by atoms with E-state index < -0.39 is 18.4 Å². The van der Waals surface area contributed by atoms with Crippen LogP contribution in [0.2, 0.25) is 0 Å². The van der Waals surface area contributed by atoms with Crippen molar-refractivity contribution in [3.63, 3.8) is 0 Å². The van der Waals surface area contributed by atoms with Crippen molar-refractivity contribution >= 4 is 6.29 Å². The lowest BCUT2D eigenvalue weighted by atomic mass is 10.1. The van der Waals surface area contributed by atoms with Gasteiger partial charge < -0.3 is 4.74 Å². The van der Waals surface area contributed by atoms with Gasteiger partial charge in [-0.1, -0.05) is 0 Å². The van der Waals surface area contributed by atoms with Gasteiger partial charge >= 0.3 is 6.18 Å². The molecule has 0 radical (unpaired) electrons. The minimum Gasteiger partial charge on any atom is -0.494 e. The predicted molar refractivity (Wildman–Crippen MR) is 80.8 cm³/mol. The zero-order valence-corrected chi connectivity index (χ0v) is 12.6. The van der Waals surface area contributed by atoms with Crippen LogP contribution in [0.1, 0.15) is 28.8 Å². The number of unbranched alkanes of at least 4 members (excludes halogenated alkanes) is 1. The van der Waals surface area contributed by atoms with E-state index in [4.69, 9.17) is 4.74 Å². The van der Waals surface area contributed by atoms with Crippen LogP contribution in [0.4, 0.5) is 17.6 Å². The number of pyridine rings is 1. The first-order valence-electron chi connectivity index (χ1n) is 7.26. The van der Waals surface area contributed by atoms with Crippen molar-refractivity contribution in [1.82, 2.24) is 4.98 Å². The minimum atomic E-state index is -4.46. The highest BCUT2D eigenvalue weighted by Gasteiger charge is 2.30. The average Bonchev–Trinajstić information content (AvgIpc) is 2.58. The van der Waals surface area contributed by atoms with E-state index in [-0.39, 0.29) is 6.61 Å². The summed E-state index contributed by atoms with van der Waals surface area (Å²) >= 11 is 0. The highest BCUT2D eigenvalue weighted by atomic mass is 19.4. The molecule has 1 aromatic heterocycles. The third-order valence-electron chi connectivity index (χ3n) is 3.25. The van der Waals surface area contributed by atoms with Crippen molar-refractivity contribution in [2.45, 2.75) is 19.0 Å². The Labute approximate surface area is 136 Å². The Morgan fingerprint density at radius 2 is 1.92 bits per heavy atom. The van der Waals surface area contributed by atoms with E-state index in [2.05, 4.69) is 4.98 Å². The normalized spacial score (nSPS) is 11.3. The molecule has 2 aromatic rings. The van der Waals surface area contributed by atoms with Gasteiger partial charge in [0.05, 0.1) is 24.5 Å². The third kappa shape index (κ3) is 4.78. The zero-order chi connectivity index (χ0) is 17.6. The van der Waals surface area contributed by atoms with Gasteiger partial charge in [0.2, 0.25) is 0 Å². The second-order valence-corrected chi connectivity index (χ2v) is 5.08. The Kier molecular flexibility index (Phi) is 5.89. The largest absolute Gasteiger partial charge is 0.494 e. The van der Waals surface area contributed by atoms with E-state index in [0.29, 0.717) is 41.7 Å². The fourth-order valence-electron chi connectivity index (χ4n) is 2.04. The average molecular weight is 341 g/mol. The maximum atomic E-state index is 12.6. The molecule has 0 N–H and O–H groups in total.